The van der Waals surface area contributed by atoms with Gasteiger partial charge in [-0.2, -0.15) is 13.2 Å². The summed E-state index contributed by atoms with van der Waals surface area (Å²) in [6, 6.07) is 23.3. The van der Waals surface area contributed by atoms with Crippen molar-refractivity contribution in [3.8, 4) is 5.75 Å². The van der Waals surface area contributed by atoms with Gasteiger partial charge in [-0.3, -0.25) is 0 Å². The van der Waals surface area contributed by atoms with Crippen LogP contribution in [-0.4, -0.2) is 11.3 Å². The van der Waals surface area contributed by atoms with Gasteiger partial charge in [0.1, 0.15) is 5.75 Å². The number of alkyl halides is 3. The molecule has 6 heteroatoms. The van der Waals surface area contributed by atoms with Gasteiger partial charge in [-0.15, -0.1) is 0 Å². The van der Waals surface area contributed by atoms with Gasteiger partial charge in [-0.1, -0.05) is 102 Å². The van der Waals surface area contributed by atoms with Gasteiger partial charge in [-0.05, 0) is 49.9 Å². The Morgan fingerprint density at radius 1 is 0.639 bits per heavy atom. The van der Waals surface area contributed by atoms with Crippen molar-refractivity contribution in [3.05, 3.63) is 124 Å². The van der Waals surface area contributed by atoms with E-state index in [4.69, 9.17) is 0 Å². The highest BCUT2D eigenvalue weighted by molar-refractivity contribution is 7.80. The van der Waals surface area contributed by atoms with E-state index in [2.05, 4.69) is 0 Å². The van der Waals surface area contributed by atoms with E-state index in [1.807, 2.05) is 0 Å². The summed E-state index contributed by atoms with van der Waals surface area (Å²) < 4.78 is 63.7. The number of phenolic OH excluding ortho intramolecular Hbond substituents is 1. The molecule has 4 aromatic rings. The standard InChI is InChI=1S/C30H28F3O2P/c1-20-15-21(2)17-24(16-20)29(30(31,32)33,25-18-22(3)28(34)23(4)19-25)36(35,26-11-7-5-8-12-26)27-13-9-6-10-14-27/h5-19,34H,1-4H3. The van der Waals surface area contributed by atoms with Crippen LogP contribution in [-0.2, 0) is 9.72 Å². The van der Waals surface area contributed by atoms with E-state index in [-0.39, 0.29) is 38.6 Å². The summed E-state index contributed by atoms with van der Waals surface area (Å²) in [6.45, 7) is 6.59. The molecule has 2 nitrogen and oxygen atoms in total. The first-order chi connectivity index (χ1) is 16.9. The lowest BCUT2D eigenvalue weighted by molar-refractivity contribution is -0.154. The van der Waals surface area contributed by atoms with Crippen LogP contribution in [0.25, 0.3) is 0 Å². The summed E-state index contributed by atoms with van der Waals surface area (Å²) in [6.07, 6.45) is -4.97. The lowest BCUT2D eigenvalue weighted by Gasteiger charge is -2.44. The third-order valence-corrected chi connectivity index (χ3v) is 10.4. The highest BCUT2D eigenvalue weighted by atomic mass is 31.2. The summed E-state index contributed by atoms with van der Waals surface area (Å²) in [5.41, 5.74) is 1.60. The fraction of sp³-hybridized carbons (Fsp3) is 0.200. The smallest absolute Gasteiger partial charge is 0.409 e. The predicted octanol–water partition coefficient (Wildman–Crippen LogP) is 7.45. The van der Waals surface area contributed by atoms with Gasteiger partial charge in [0.2, 0.25) is 0 Å². The second-order valence-electron chi connectivity index (χ2n) is 9.32. The van der Waals surface area contributed by atoms with E-state index < -0.39 is 18.5 Å². The van der Waals surface area contributed by atoms with Crippen molar-refractivity contribution in [1.29, 1.82) is 0 Å². The lowest BCUT2D eigenvalue weighted by atomic mass is 9.85. The molecule has 4 aromatic carbocycles. The molecular formula is C30H28F3O2P. The zero-order valence-electron chi connectivity index (χ0n) is 20.6. The van der Waals surface area contributed by atoms with Crippen LogP contribution in [0.15, 0.2) is 91.0 Å². The molecule has 0 aliphatic heterocycles. The quantitative estimate of drug-likeness (QED) is 0.285. The number of phenols is 1. The molecule has 1 atom stereocenters. The molecule has 4 rings (SSSR count). The minimum Gasteiger partial charge on any atom is -0.507 e. The van der Waals surface area contributed by atoms with Gasteiger partial charge in [0.25, 0.3) is 0 Å². The third-order valence-electron chi connectivity index (χ3n) is 6.67. The Kier molecular flexibility index (Phi) is 6.66. The molecule has 0 saturated carbocycles. The number of aromatic hydroxyl groups is 1. The zero-order valence-corrected chi connectivity index (χ0v) is 21.5. The average molecular weight is 509 g/mol. The maximum absolute atomic E-state index is 16.0. The first kappa shape index (κ1) is 25.8. The van der Waals surface area contributed by atoms with Gasteiger partial charge in [0.15, 0.2) is 12.3 Å². The Balaban J connectivity index is 2.33. The first-order valence-corrected chi connectivity index (χ1v) is 13.3. The lowest BCUT2D eigenvalue weighted by Crippen LogP contribution is -2.48. The molecule has 0 aromatic heterocycles. The van der Waals surface area contributed by atoms with Crippen molar-refractivity contribution in [2.75, 3.05) is 0 Å². The van der Waals surface area contributed by atoms with Crippen LogP contribution in [0.3, 0.4) is 0 Å². The van der Waals surface area contributed by atoms with Crippen LogP contribution in [0.5, 0.6) is 5.75 Å². The Hall–Kier alpha value is -3.30. The molecule has 0 bridgehead atoms. The van der Waals surface area contributed by atoms with Crippen molar-refractivity contribution in [2.24, 2.45) is 0 Å². The predicted molar refractivity (Wildman–Crippen MR) is 140 cm³/mol. The monoisotopic (exact) mass is 508 g/mol. The normalized spacial score (nSPS) is 13.9. The summed E-state index contributed by atoms with van der Waals surface area (Å²) >= 11 is 0. The Morgan fingerprint density at radius 3 is 1.42 bits per heavy atom. The molecule has 0 spiro atoms. The van der Waals surface area contributed by atoms with E-state index >= 15 is 17.7 Å². The molecule has 36 heavy (non-hydrogen) atoms. The summed E-state index contributed by atoms with van der Waals surface area (Å²) in [5.74, 6) is -0.0792. The highest BCUT2D eigenvalue weighted by Gasteiger charge is 2.68. The highest BCUT2D eigenvalue weighted by Crippen LogP contribution is 2.71. The van der Waals surface area contributed by atoms with E-state index in [0.717, 1.165) is 0 Å². The van der Waals surface area contributed by atoms with Crippen LogP contribution in [0.1, 0.15) is 33.4 Å². The van der Waals surface area contributed by atoms with Crippen LogP contribution in [0, 0.1) is 27.7 Å². The van der Waals surface area contributed by atoms with Crippen molar-refractivity contribution >= 4 is 17.8 Å². The third kappa shape index (κ3) is 3.96. The van der Waals surface area contributed by atoms with Gasteiger partial charge in [0.05, 0.1) is 0 Å². The van der Waals surface area contributed by atoms with E-state index in [0.29, 0.717) is 11.1 Å². The number of hydrogen-bond acceptors (Lipinski definition) is 2. The average Bonchev–Trinajstić information content (AvgIpc) is 2.82. The first-order valence-electron chi connectivity index (χ1n) is 11.6. The summed E-state index contributed by atoms with van der Waals surface area (Å²) in [5, 5.41) is 7.75. The van der Waals surface area contributed by atoms with Crippen molar-refractivity contribution in [2.45, 2.75) is 39.0 Å². The minimum absolute atomic E-state index is 0.0792. The number of halogens is 3. The zero-order chi connectivity index (χ0) is 26.3. The maximum Gasteiger partial charge on any atom is 0.409 e. The van der Waals surface area contributed by atoms with Gasteiger partial charge in [0, 0.05) is 10.6 Å². The molecule has 0 fully saturated rings. The topological polar surface area (TPSA) is 37.3 Å². The molecule has 1 N–H and O–H groups in total. The minimum atomic E-state index is -4.97. The molecule has 0 aliphatic carbocycles. The Labute approximate surface area is 209 Å². The second-order valence-corrected chi connectivity index (χ2v) is 12.2. The van der Waals surface area contributed by atoms with Crippen molar-refractivity contribution in [3.63, 3.8) is 0 Å². The number of rotatable bonds is 5. The molecule has 186 valence electrons. The number of hydrogen-bond donors (Lipinski definition) is 1. The van der Waals surface area contributed by atoms with Crippen LogP contribution in [0.2, 0.25) is 0 Å². The molecule has 0 radical (unpaired) electrons. The van der Waals surface area contributed by atoms with Crippen molar-refractivity contribution < 1.29 is 22.8 Å². The molecule has 0 saturated heterocycles. The SMILES string of the molecule is Cc1cc(C)cc(C(c2cc(C)c(O)c(C)c2)(C(F)(F)F)P(=O)(c2ccccc2)c2ccccc2)c1. The van der Waals surface area contributed by atoms with E-state index in [1.165, 1.54) is 48.5 Å². The largest absolute Gasteiger partial charge is 0.507 e. The second kappa shape index (κ2) is 9.29. The Bertz CT molecular complexity index is 1360. The molecule has 0 aliphatic rings. The molecule has 1 unspecified atom stereocenters. The van der Waals surface area contributed by atoms with Gasteiger partial charge in [-0.25, -0.2) is 0 Å². The molecule has 0 heterocycles. The van der Waals surface area contributed by atoms with Crippen LogP contribution >= 0.6 is 7.14 Å². The number of benzene rings is 4. The van der Waals surface area contributed by atoms with Crippen LogP contribution < -0.4 is 10.6 Å². The fourth-order valence-electron chi connectivity index (χ4n) is 5.20. The Morgan fingerprint density at radius 2 is 1.03 bits per heavy atom. The van der Waals surface area contributed by atoms with E-state index in [1.54, 1.807) is 70.2 Å². The van der Waals surface area contributed by atoms with Crippen LogP contribution in [0.4, 0.5) is 13.2 Å². The van der Waals surface area contributed by atoms with Gasteiger partial charge >= 0.3 is 6.18 Å². The molecular weight excluding hydrogens is 480 g/mol. The summed E-state index contributed by atoms with van der Waals surface area (Å²) in [4.78, 5) is 0. The summed E-state index contributed by atoms with van der Waals surface area (Å²) in [7, 11) is -4.53. The van der Waals surface area contributed by atoms with Gasteiger partial charge < -0.3 is 9.67 Å². The van der Waals surface area contributed by atoms with Crippen molar-refractivity contribution in [1.82, 2.24) is 0 Å². The fourth-order valence-corrected chi connectivity index (χ4v) is 8.80. The van der Waals surface area contributed by atoms with E-state index in [9.17, 15) is 5.11 Å². The maximum atomic E-state index is 16.0. The molecule has 0 amide bonds. The number of aryl methyl sites for hydroxylation is 4.